The molecule has 2 atom stereocenters. The van der Waals surface area contributed by atoms with E-state index in [9.17, 15) is 14.7 Å². The second-order valence-electron chi connectivity index (χ2n) is 4.61. The molecule has 0 saturated heterocycles. The van der Waals surface area contributed by atoms with Crippen LogP contribution in [0.5, 0.6) is 0 Å². The minimum absolute atomic E-state index is 0.324. The number of hydrogen-bond acceptors (Lipinski definition) is 4. The molecule has 106 valence electrons. The van der Waals surface area contributed by atoms with E-state index in [1.165, 1.54) is 11.8 Å². The second kappa shape index (κ2) is 5.68. The molecule has 1 aromatic carbocycles. The van der Waals surface area contributed by atoms with Gasteiger partial charge in [-0.2, -0.15) is 11.8 Å². The molecule has 2 aromatic rings. The van der Waals surface area contributed by atoms with Crippen molar-refractivity contribution in [3.05, 3.63) is 36.5 Å². The van der Waals surface area contributed by atoms with Gasteiger partial charge >= 0.3 is 5.97 Å². The van der Waals surface area contributed by atoms with Gasteiger partial charge in [0.2, 0.25) is 0 Å². The molecule has 5 nitrogen and oxygen atoms in total. The molecule has 0 aliphatic rings. The molecule has 0 fully saturated rings. The summed E-state index contributed by atoms with van der Waals surface area (Å²) in [6, 6.07) is 8.83. The molecular formula is C14H16N2O3S. The summed E-state index contributed by atoms with van der Waals surface area (Å²) in [4.78, 5) is 22.7. The maximum Gasteiger partial charge on any atom is 0.333 e. The number of fused-ring (bicyclic) bond motifs is 1. The topological polar surface area (TPSA) is 85.3 Å². The molecule has 0 radical (unpaired) electrons. The highest BCUT2D eigenvalue weighted by atomic mass is 32.2. The minimum Gasteiger partial charge on any atom is -0.479 e. The molecule has 1 heterocycles. The van der Waals surface area contributed by atoms with Crippen LogP contribution in [0.15, 0.2) is 36.5 Å². The van der Waals surface area contributed by atoms with Crippen molar-refractivity contribution < 1.29 is 14.7 Å². The maximum absolute atomic E-state index is 11.4. The Hall–Kier alpha value is -1.79. The van der Waals surface area contributed by atoms with Crippen LogP contribution in [0.1, 0.15) is 6.04 Å². The van der Waals surface area contributed by atoms with Crippen molar-refractivity contribution in [2.24, 2.45) is 5.73 Å². The number of para-hydroxylation sites is 1. The number of aromatic nitrogens is 1. The summed E-state index contributed by atoms with van der Waals surface area (Å²) in [5.41, 5.74) is 4.78. The summed E-state index contributed by atoms with van der Waals surface area (Å²) in [6.07, 6.45) is 3.95. The number of thioether (sulfide) groups is 1. The predicted molar refractivity (Wildman–Crippen MR) is 80.0 cm³/mol. The molecule has 20 heavy (non-hydrogen) atoms. The van der Waals surface area contributed by atoms with Gasteiger partial charge in [-0.25, -0.2) is 4.79 Å². The first-order valence-electron chi connectivity index (χ1n) is 6.07. The summed E-state index contributed by atoms with van der Waals surface area (Å²) in [5, 5.41) is 10.3. The smallest absolute Gasteiger partial charge is 0.333 e. The standard InChI is InChI=1S/C14H16N2O3S/c1-20-8-12(14(15,9-17)13(18)19)16-7-6-10-4-2-3-5-11(10)16/h2-7,9,12H,8,15H2,1H3,(H,18,19). The minimum atomic E-state index is -1.94. The first-order valence-corrected chi connectivity index (χ1v) is 7.47. The molecule has 2 rings (SSSR count). The first kappa shape index (κ1) is 14.6. The fraction of sp³-hybridized carbons (Fsp3) is 0.286. The van der Waals surface area contributed by atoms with E-state index in [1.54, 1.807) is 10.8 Å². The summed E-state index contributed by atoms with van der Waals surface area (Å²) >= 11 is 1.45. The fourth-order valence-electron chi connectivity index (χ4n) is 2.25. The van der Waals surface area contributed by atoms with Gasteiger partial charge in [0.1, 0.15) is 0 Å². The highest BCUT2D eigenvalue weighted by molar-refractivity contribution is 7.98. The number of carbonyl (C=O) groups excluding carboxylic acids is 1. The van der Waals surface area contributed by atoms with E-state index in [0.717, 1.165) is 10.9 Å². The van der Waals surface area contributed by atoms with E-state index >= 15 is 0 Å². The van der Waals surface area contributed by atoms with Gasteiger partial charge in [0, 0.05) is 17.5 Å². The number of aliphatic carboxylic acids is 1. The van der Waals surface area contributed by atoms with E-state index in [0.29, 0.717) is 12.0 Å². The maximum atomic E-state index is 11.4. The van der Waals surface area contributed by atoms with Gasteiger partial charge in [-0.3, -0.25) is 0 Å². The molecule has 0 aliphatic heterocycles. The Balaban J connectivity index is 2.58. The van der Waals surface area contributed by atoms with Gasteiger partial charge in [0.25, 0.3) is 0 Å². The summed E-state index contributed by atoms with van der Waals surface area (Å²) in [6.45, 7) is 0. The predicted octanol–water partition coefficient (Wildman–Crippen LogP) is 1.53. The Bertz CT molecular complexity index is 640. The molecule has 0 bridgehead atoms. The van der Waals surface area contributed by atoms with Crippen LogP contribution in [0.3, 0.4) is 0 Å². The summed E-state index contributed by atoms with van der Waals surface area (Å²) in [7, 11) is 0. The van der Waals surface area contributed by atoms with Crippen molar-refractivity contribution >= 4 is 34.9 Å². The Kier molecular flexibility index (Phi) is 4.15. The van der Waals surface area contributed by atoms with Crippen LogP contribution in [0.4, 0.5) is 0 Å². The van der Waals surface area contributed by atoms with E-state index in [2.05, 4.69) is 0 Å². The van der Waals surface area contributed by atoms with E-state index in [4.69, 9.17) is 5.73 Å². The van der Waals surface area contributed by atoms with Crippen LogP contribution >= 0.6 is 11.8 Å². The van der Waals surface area contributed by atoms with Gasteiger partial charge in [0.05, 0.1) is 6.04 Å². The third-order valence-electron chi connectivity index (χ3n) is 3.41. The monoisotopic (exact) mass is 292 g/mol. The van der Waals surface area contributed by atoms with Crippen molar-refractivity contribution in [2.75, 3.05) is 12.0 Å². The van der Waals surface area contributed by atoms with Crippen molar-refractivity contribution in [1.29, 1.82) is 0 Å². The average molecular weight is 292 g/mol. The Morgan fingerprint density at radius 3 is 2.80 bits per heavy atom. The van der Waals surface area contributed by atoms with Crippen LogP contribution in [0.2, 0.25) is 0 Å². The number of nitrogens with zero attached hydrogens (tertiary/aromatic N) is 1. The second-order valence-corrected chi connectivity index (χ2v) is 5.52. The lowest BCUT2D eigenvalue weighted by atomic mass is 9.93. The highest BCUT2D eigenvalue weighted by Gasteiger charge is 2.43. The van der Waals surface area contributed by atoms with Crippen LogP contribution in [-0.4, -0.2) is 39.5 Å². The zero-order valence-corrected chi connectivity index (χ0v) is 11.8. The van der Waals surface area contributed by atoms with Crippen molar-refractivity contribution in [3.8, 4) is 0 Å². The quantitative estimate of drug-likeness (QED) is 0.623. The summed E-state index contributed by atoms with van der Waals surface area (Å²) < 4.78 is 1.77. The SMILES string of the molecule is CSCC(n1ccc2ccccc21)C(N)(C=O)C(=O)O. The van der Waals surface area contributed by atoms with Gasteiger partial charge in [-0.15, -0.1) is 0 Å². The van der Waals surface area contributed by atoms with Crippen LogP contribution < -0.4 is 5.73 Å². The molecule has 6 heteroatoms. The molecule has 0 amide bonds. The number of aldehydes is 1. The lowest BCUT2D eigenvalue weighted by Gasteiger charge is -2.30. The molecule has 0 saturated carbocycles. The lowest BCUT2D eigenvalue weighted by Crippen LogP contribution is -2.57. The lowest BCUT2D eigenvalue weighted by molar-refractivity contribution is -0.146. The molecule has 3 N–H and O–H groups in total. The number of hydrogen-bond donors (Lipinski definition) is 2. The van der Waals surface area contributed by atoms with Crippen LogP contribution in [0, 0.1) is 0 Å². The number of nitrogens with two attached hydrogens (primary N) is 1. The van der Waals surface area contributed by atoms with Gasteiger partial charge in [-0.1, -0.05) is 18.2 Å². The number of carboxylic acid groups (broad SMARTS) is 1. The Labute approximate surface area is 120 Å². The Morgan fingerprint density at radius 1 is 1.50 bits per heavy atom. The molecule has 0 spiro atoms. The van der Waals surface area contributed by atoms with Gasteiger partial charge in [-0.05, 0) is 23.8 Å². The first-order chi connectivity index (χ1) is 9.54. The van der Waals surface area contributed by atoms with Crippen molar-refractivity contribution in [3.63, 3.8) is 0 Å². The molecule has 2 unspecified atom stereocenters. The zero-order chi connectivity index (χ0) is 14.8. The van der Waals surface area contributed by atoms with Crippen LogP contribution in [0.25, 0.3) is 10.9 Å². The third kappa shape index (κ3) is 2.32. The van der Waals surface area contributed by atoms with Crippen molar-refractivity contribution in [1.82, 2.24) is 4.57 Å². The number of carbonyl (C=O) groups is 2. The van der Waals surface area contributed by atoms with Gasteiger partial charge < -0.3 is 20.2 Å². The molecule has 0 aliphatic carbocycles. The molecule has 1 aromatic heterocycles. The van der Waals surface area contributed by atoms with Crippen molar-refractivity contribution in [2.45, 2.75) is 11.6 Å². The average Bonchev–Trinajstić information content (AvgIpc) is 2.87. The van der Waals surface area contributed by atoms with Gasteiger partial charge in [0.15, 0.2) is 11.8 Å². The van der Waals surface area contributed by atoms with E-state index in [-0.39, 0.29) is 0 Å². The Morgan fingerprint density at radius 2 is 2.20 bits per heavy atom. The molecular weight excluding hydrogens is 276 g/mol. The van der Waals surface area contributed by atoms with Crippen LogP contribution in [-0.2, 0) is 9.59 Å². The van der Waals surface area contributed by atoms with E-state index < -0.39 is 17.6 Å². The number of benzene rings is 1. The van der Waals surface area contributed by atoms with E-state index in [1.807, 2.05) is 36.6 Å². The third-order valence-corrected chi connectivity index (χ3v) is 4.06. The largest absolute Gasteiger partial charge is 0.479 e. The zero-order valence-electron chi connectivity index (χ0n) is 11.0. The highest BCUT2D eigenvalue weighted by Crippen LogP contribution is 2.28. The fourth-order valence-corrected chi connectivity index (χ4v) is 3.01. The normalized spacial score (nSPS) is 15.7. The number of carboxylic acids is 1. The number of rotatable bonds is 6. The summed E-state index contributed by atoms with van der Waals surface area (Å²) in [5.74, 6) is -0.885.